The van der Waals surface area contributed by atoms with Gasteiger partial charge in [-0.05, 0) is 13.8 Å². The van der Waals surface area contributed by atoms with Crippen molar-refractivity contribution < 1.29 is 31.2 Å². The molecule has 2 nitrogen and oxygen atoms in total. The highest BCUT2D eigenvalue weighted by molar-refractivity contribution is 5.78. The van der Waals surface area contributed by atoms with E-state index in [1.165, 1.54) is 13.8 Å². The quantitative estimate of drug-likeness (QED) is 0.418. The van der Waals surface area contributed by atoms with Crippen molar-refractivity contribution in [1.29, 1.82) is 0 Å². The molecule has 0 aliphatic rings. The molecule has 0 aliphatic heterocycles. The number of nitrogens with zero attached hydrogens (tertiary/aromatic N) is 1. The second-order valence-electron chi connectivity index (χ2n) is 2.98. The summed E-state index contributed by atoms with van der Waals surface area (Å²) in [6.07, 6.45) is -9.87. The average molecular weight is 237 g/mol. The van der Waals surface area contributed by atoms with Crippen LogP contribution in [0.15, 0.2) is 5.16 Å². The number of oxime groups is 1. The molecule has 0 N–H and O–H groups in total. The zero-order valence-electron chi connectivity index (χ0n) is 7.91. The third-order valence-corrected chi connectivity index (χ3v) is 1.16. The van der Waals surface area contributed by atoms with Crippen LogP contribution in [0.5, 0.6) is 0 Å². The Kier molecular flexibility index (Phi) is 4.42. The third kappa shape index (κ3) is 4.89. The summed E-state index contributed by atoms with van der Waals surface area (Å²) in [4.78, 5) is 3.87. The molecule has 0 heterocycles. The van der Waals surface area contributed by atoms with Crippen LogP contribution in [0.25, 0.3) is 0 Å². The van der Waals surface area contributed by atoms with Crippen molar-refractivity contribution in [1.82, 2.24) is 0 Å². The minimum absolute atomic E-state index is 0.230. The Morgan fingerprint density at radius 2 is 1.67 bits per heavy atom. The van der Waals surface area contributed by atoms with Gasteiger partial charge in [0.1, 0.15) is 0 Å². The summed E-state index contributed by atoms with van der Waals surface area (Å²) in [6, 6.07) is 0. The molecule has 0 aromatic carbocycles. The SMILES string of the molecule is CC(C)=NOCC(F)(F)C(F)C(F)(F)F. The minimum Gasteiger partial charge on any atom is -0.389 e. The van der Waals surface area contributed by atoms with Gasteiger partial charge in [-0.2, -0.15) is 22.0 Å². The van der Waals surface area contributed by atoms with E-state index in [9.17, 15) is 26.3 Å². The van der Waals surface area contributed by atoms with Gasteiger partial charge in [-0.3, -0.25) is 0 Å². The minimum atomic E-state index is -5.61. The van der Waals surface area contributed by atoms with Gasteiger partial charge in [-0.15, -0.1) is 0 Å². The van der Waals surface area contributed by atoms with Crippen LogP contribution in [-0.2, 0) is 4.84 Å². The predicted molar refractivity (Wildman–Crippen MR) is 40.6 cm³/mol. The van der Waals surface area contributed by atoms with Crippen LogP contribution in [0, 0.1) is 0 Å². The molecule has 0 bridgehead atoms. The maximum Gasteiger partial charge on any atom is 0.425 e. The molecule has 0 saturated carbocycles. The maximum atomic E-state index is 12.5. The van der Waals surface area contributed by atoms with E-state index in [0.717, 1.165) is 0 Å². The number of hydrogen-bond donors (Lipinski definition) is 0. The highest BCUT2D eigenvalue weighted by atomic mass is 19.4. The van der Waals surface area contributed by atoms with Crippen LogP contribution in [-0.4, -0.2) is 30.6 Å². The van der Waals surface area contributed by atoms with Gasteiger partial charge in [-0.1, -0.05) is 5.16 Å². The second-order valence-corrected chi connectivity index (χ2v) is 2.98. The molecule has 15 heavy (non-hydrogen) atoms. The first-order valence-electron chi connectivity index (χ1n) is 3.79. The topological polar surface area (TPSA) is 21.6 Å². The van der Waals surface area contributed by atoms with Crippen molar-refractivity contribution in [2.45, 2.75) is 32.1 Å². The molecule has 0 rings (SSSR count). The molecule has 0 fully saturated rings. The summed E-state index contributed by atoms with van der Waals surface area (Å²) >= 11 is 0. The smallest absolute Gasteiger partial charge is 0.389 e. The third-order valence-electron chi connectivity index (χ3n) is 1.16. The first-order valence-corrected chi connectivity index (χ1v) is 3.79. The lowest BCUT2D eigenvalue weighted by Gasteiger charge is -2.21. The van der Waals surface area contributed by atoms with E-state index in [1.807, 2.05) is 0 Å². The van der Waals surface area contributed by atoms with Gasteiger partial charge in [0.05, 0.1) is 5.71 Å². The second kappa shape index (κ2) is 4.71. The molecule has 1 unspecified atom stereocenters. The van der Waals surface area contributed by atoms with Crippen LogP contribution < -0.4 is 0 Å². The van der Waals surface area contributed by atoms with E-state index in [4.69, 9.17) is 0 Å². The Hall–Kier alpha value is -0.950. The first-order chi connectivity index (χ1) is 6.57. The summed E-state index contributed by atoms with van der Waals surface area (Å²) in [7, 11) is 0. The lowest BCUT2D eigenvalue weighted by atomic mass is 10.2. The molecule has 8 heteroatoms. The summed E-state index contributed by atoms with van der Waals surface area (Å²) in [5.74, 6) is -4.64. The fourth-order valence-electron chi connectivity index (χ4n) is 0.560. The Morgan fingerprint density at radius 1 is 1.20 bits per heavy atom. The van der Waals surface area contributed by atoms with Crippen LogP contribution in [0.1, 0.15) is 13.8 Å². The molecule has 0 spiro atoms. The highest BCUT2D eigenvalue weighted by Gasteiger charge is 2.57. The number of alkyl halides is 6. The van der Waals surface area contributed by atoms with Crippen LogP contribution in [0.4, 0.5) is 26.3 Å². The summed E-state index contributed by atoms with van der Waals surface area (Å²) < 4.78 is 71.9. The van der Waals surface area contributed by atoms with E-state index in [1.54, 1.807) is 0 Å². The van der Waals surface area contributed by atoms with Crippen molar-refractivity contribution >= 4 is 5.71 Å². The normalized spacial score (nSPS) is 14.7. The lowest BCUT2D eigenvalue weighted by Crippen LogP contribution is -2.44. The van der Waals surface area contributed by atoms with E-state index in [-0.39, 0.29) is 5.71 Å². The van der Waals surface area contributed by atoms with E-state index < -0.39 is 24.9 Å². The molecular weight excluding hydrogens is 228 g/mol. The Labute approximate surface area is 81.9 Å². The molecule has 90 valence electrons. The van der Waals surface area contributed by atoms with Gasteiger partial charge < -0.3 is 4.84 Å². The fraction of sp³-hybridized carbons (Fsp3) is 0.857. The highest BCUT2D eigenvalue weighted by Crippen LogP contribution is 2.34. The van der Waals surface area contributed by atoms with Gasteiger partial charge in [0, 0.05) is 0 Å². The fourth-order valence-corrected chi connectivity index (χ4v) is 0.560. The standard InChI is InChI=1S/C7H9F6NO/c1-4(2)14-15-3-6(9,10)5(8)7(11,12)13/h5H,3H2,1-2H3. The zero-order chi connectivity index (χ0) is 12.3. The predicted octanol–water partition coefficient (Wildman–Crippen LogP) is 2.93. The summed E-state index contributed by atoms with van der Waals surface area (Å²) in [6.45, 7) is 1.02. The number of halogens is 6. The van der Waals surface area contributed by atoms with Crippen molar-refractivity contribution in [3.8, 4) is 0 Å². The average Bonchev–Trinajstić information content (AvgIpc) is 2.00. The van der Waals surface area contributed by atoms with Gasteiger partial charge in [0.2, 0.25) is 0 Å². The van der Waals surface area contributed by atoms with Crippen LogP contribution in [0.2, 0.25) is 0 Å². The zero-order valence-corrected chi connectivity index (χ0v) is 7.91. The van der Waals surface area contributed by atoms with Crippen LogP contribution >= 0.6 is 0 Å². The molecule has 1 atom stereocenters. The lowest BCUT2D eigenvalue weighted by molar-refractivity contribution is -0.255. The maximum absolute atomic E-state index is 12.5. The van der Waals surface area contributed by atoms with E-state index in [2.05, 4.69) is 9.99 Å². The largest absolute Gasteiger partial charge is 0.425 e. The Balaban J connectivity index is 4.36. The van der Waals surface area contributed by atoms with Gasteiger partial charge in [0.25, 0.3) is 6.17 Å². The number of rotatable bonds is 4. The van der Waals surface area contributed by atoms with E-state index >= 15 is 0 Å². The summed E-state index contributed by atoms with van der Waals surface area (Å²) in [5.41, 5.74) is 0.230. The Morgan fingerprint density at radius 3 is 2.00 bits per heavy atom. The van der Waals surface area contributed by atoms with Gasteiger partial charge in [0.15, 0.2) is 6.61 Å². The first kappa shape index (κ1) is 14.0. The van der Waals surface area contributed by atoms with Crippen molar-refractivity contribution in [2.75, 3.05) is 6.61 Å². The molecular formula is C7H9F6NO. The summed E-state index contributed by atoms with van der Waals surface area (Å²) in [5, 5.41) is 2.98. The van der Waals surface area contributed by atoms with Gasteiger partial charge in [-0.25, -0.2) is 4.39 Å². The Bertz CT molecular complexity index is 232. The van der Waals surface area contributed by atoms with E-state index in [0.29, 0.717) is 0 Å². The molecule has 0 saturated heterocycles. The van der Waals surface area contributed by atoms with Crippen molar-refractivity contribution in [2.24, 2.45) is 5.16 Å². The molecule has 0 aromatic heterocycles. The number of hydrogen-bond acceptors (Lipinski definition) is 2. The van der Waals surface area contributed by atoms with Gasteiger partial charge >= 0.3 is 12.1 Å². The monoisotopic (exact) mass is 237 g/mol. The molecule has 0 aromatic rings. The van der Waals surface area contributed by atoms with Crippen LogP contribution in [0.3, 0.4) is 0 Å². The molecule has 0 amide bonds. The molecule has 0 aliphatic carbocycles. The van der Waals surface area contributed by atoms with Crippen molar-refractivity contribution in [3.63, 3.8) is 0 Å². The molecule has 0 radical (unpaired) electrons. The van der Waals surface area contributed by atoms with Crippen molar-refractivity contribution in [3.05, 3.63) is 0 Å².